The van der Waals surface area contributed by atoms with Crippen LogP contribution in [0.4, 0.5) is 4.39 Å². The number of aromatic amines is 1. The summed E-state index contributed by atoms with van der Waals surface area (Å²) >= 11 is 0. The lowest BCUT2D eigenvalue weighted by Crippen LogP contribution is -2.32. The molecule has 2 aromatic heterocycles. The van der Waals surface area contributed by atoms with E-state index in [2.05, 4.69) is 44.1 Å². The zero-order valence-corrected chi connectivity index (χ0v) is 15.0. The van der Waals surface area contributed by atoms with Crippen molar-refractivity contribution in [2.24, 2.45) is 0 Å². The summed E-state index contributed by atoms with van der Waals surface area (Å²) in [4.78, 5) is 13.8. The molecule has 27 heavy (non-hydrogen) atoms. The first-order valence-corrected chi connectivity index (χ1v) is 9.05. The van der Waals surface area contributed by atoms with Crippen molar-refractivity contribution in [3.8, 4) is 11.4 Å². The minimum atomic E-state index is -0.210. The molecule has 4 nitrogen and oxygen atoms in total. The van der Waals surface area contributed by atoms with Crippen LogP contribution in [-0.2, 0) is 6.54 Å². The van der Waals surface area contributed by atoms with Crippen LogP contribution in [-0.4, -0.2) is 33.4 Å². The first-order chi connectivity index (χ1) is 13.2. The molecule has 1 unspecified atom stereocenters. The first kappa shape index (κ1) is 16.1. The van der Waals surface area contributed by atoms with Crippen molar-refractivity contribution in [1.29, 1.82) is 0 Å². The van der Waals surface area contributed by atoms with E-state index in [9.17, 15) is 0 Å². The molecule has 0 spiro atoms. The maximum absolute atomic E-state index is 15.4. The van der Waals surface area contributed by atoms with Crippen LogP contribution in [0.1, 0.15) is 22.6 Å². The van der Waals surface area contributed by atoms with Gasteiger partial charge in [-0.15, -0.1) is 0 Å². The lowest BCUT2D eigenvalue weighted by Gasteiger charge is -2.33. The molecule has 1 atom stereocenters. The first-order valence-electron chi connectivity index (χ1n) is 9.05. The van der Waals surface area contributed by atoms with Crippen molar-refractivity contribution in [1.82, 2.24) is 19.9 Å². The number of halogens is 1. The highest BCUT2D eigenvalue weighted by Crippen LogP contribution is 2.37. The number of benzene rings is 2. The van der Waals surface area contributed by atoms with E-state index in [1.165, 1.54) is 10.9 Å². The molecule has 3 heterocycles. The molecule has 5 heteroatoms. The van der Waals surface area contributed by atoms with Crippen LogP contribution >= 0.6 is 0 Å². The van der Waals surface area contributed by atoms with Gasteiger partial charge in [-0.2, -0.15) is 0 Å². The fraction of sp³-hybridized carbons (Fsp3) is 0.182. The summed E-state index contributed by atoms with van der Waals surface area (Å²) < 4.78 is 15.4. The molecule has 0 radical (unpaired) electrons. The Balaban J connectivity index is 1.64. The van der Waals surface area contributed by atoms with Gasteiger partial charge in [0.2, 0.25) is 0 Å². The Bertz CT molecular complexity index is 1120. The highest BCUT2D eigenvalue weighted by Gasteiger charge is 2.29. The zero-order valence-electron chi connectivity index (χ0n) is 15.0. The number of rotatable bonds is 2. The molecule has 1 aliphatic heterocycles. The second-order valence-electron chi connectivity index (χ2n) is 7.14. The Kier molecular flexibility index (Phi) is 3.76. The Hall–Kier alpha value is -3.05. The summed E-state index contributed by atoms with van der Waals surface area (Å²) in [6.45, 7) is 1.45. The highest BCUT2D eigenvalue weighted by atomic mass is 19.1. The fourth-order valence-electron chi connectivity index (χ4n) is 4.05. The molecule has 1 N–H and O–H groups in total. The topological polar surface area (TPSA) is 44.8 Å². The normalized spacial score (nSPS) is 17.2. The molecule has 0 saturated heterocycles. The van der Waals surface area contributed by atoms with E-state index >= 15 is 4.39 Å². The van der Waals surface area contributed by atoms with Gasteiger partial charge in [-0.05, 0) is 53.9 Å². The van der Waals surface area contributed by atoms with Gasteiger partial charge in [-0.25, -0.2) is 14.4 Å². The predicted octanol–water partition coefficient (Wildman–Crippen LogP) is 4.34. The molecule has 0 aliphatic carbocycles. The van der Waals surface area contributed by atoms with Crippen molar-refractivity contribution >= 4 is 10.9 Å². The van der Waals surface area contributed by atoms with Crippen molar-refractivity contribution in [2.45, 2.75) is 12.5 Å². The summed E-state index contributed by atoms with van der Waals surface area (Å²) in [5, 5.41) is 1.18. The van der Waals surface area contributed by atoms with Crippen LogP contribution in [0.3, 0.4) is 0 Å². The third-order valence-electron chi connectivity index (χ3n) is 5.36. The lowest BCUT2D eigenvalue weighted by atomic mass is 9.83. The van der Waals surface area contributed by atoms with Gasteiger partial charge in [-0.3, -0.25) is 0 Å². The van der Waals surface area contributed by atoms with E-state index in [1.54, 1.807) is 18.5 Å². The largest absolute Gasteiger partial charge is 0.361 e. The maximum atomic E-state index is 15.4. The van der Waals surface area contributed by atoms with Gasteiger partial charge in [0.05, 0.1) is 5.56 Å². The standard InChI is InChI=1S/C22H19FN4/c1-27-12-18(14-3-6-20-15(11-14)7-10-24-20)16-4-5-17(21(23)19(16)13-27)22-25-8-2-9-26-22/h2-11,18,24H,12-13H2,1H3. The second kappa shape index (κ2) is 6.28. The number of aromatic nitrogens is 3. The van der Waals surface area contributed by atoms with Crippen molar-refractivity contribution < 1.29 is 4.39 Å². The number of nitrogens with zero attached hydrogens (tertiary/aromatic N) is 3. The molecule has 5 rings (SSSR count). The average molecular weight is 358 g/mol. The second-order valence-corrected chi connectivity index (χ2v) is 7.14. The van der Waals surface area contributed by atoms with E-state index in [4.69, 9.17) is 0 Å². The molecule has 134 valence electrons. The van der Waals surface area contributed by atoms with Gasteiger partial charge < -0.3 is 9.88 Å². The fourth-order valence-corrected chi connectivity index (χ4v) is 4.05. The summed E-state index contributed by atoms with van der Waals surface area (Å²) in [5.41, 5.74) is 4.58. The van der Waals surface area contributed by atoms with Crippen LogP contribution in [0, 0.1) is 5.82 Å². The molecule has 0 bridgehead atoms. The van der Waals surface area contributed by atoms with Crippen molar-refractivity contribution in [2.75, 3.05) is 13.6 Å². The van der Waals surface area contributed by atoms with Gasteiger partial charge in [0.1, 0.15) is 5.82 Å². The Labute approximate surface area is 156 Å². The number of H-pyrrole nitrogens is 1. The summed E-state index contributed by atoms with van der Waals surface area (Å²) in [7, 11) is 2.04. The number of fused-ring (bicyclic) bond motifs is 2. The third kappa shape index (κ3) is 2.71. The van der Waals surface area contributed by atoms with E-state index < -0.39 is 0 Å². The number of nitrogens with one attached hydrogen (secondary N) is 1. The smallest absolute Gasteiger partial charge is 0.162 e. The molecular formula is C22H19FN4. The van der Waals surface area contributed by atoms with Crippen molar-refractivity contribution in [3.63, 3.8) is 0 Å². The summed E-state index contributed by atoms with van der Waals surface area (Å²) in [6, 6.07) is 14.1. The molecule has 0 fully saturated rings. The van der Waals surface area contributed by atoms with Crippen LogP contribution in [0.25, 0.3) is 22.3 Å². The summed E-state index contributed by atoms with van der Waals surface area (Å²) in [6.07, 6.45) is 5.23. The number of hydrogen-bond acceptors (Lipinski definition) is 3. The third-order valence-corrected chi connectivity index (χ3v) is 5.36. The minimum absolute atomic E-state index is 0.137. The average Bonchev–Trinajstić information content (AvgIpc) is 3.17. The van der Waals surface area contributed by atoms with Gasteiger partial charge in [0, 0.05) is 48.7 Å². The minimum Gasteiger partial charge on any atom is -0.361 e. The van der Waals surface area contributed by atoms with Crippen LogP contribution in [0.15, 0.2) is 61.1 Å². The molecule has 1 aliphatic rings. The van der Waals surface area contributed by atoms with Crippen molar-refractivity contribution in [3.05, 3.63) is 83.6 Å². The maximum Gasteiger partial charge on any atom is 0.162 e. The SMILES string of the molecule is CN1Cc2c(ccc(-c3ncccn3)c2F)C(c2ccc3[nH]ccc3c2)C1. The van der Waals surface area contributed by atoms with Gasteiger partial charge in [0.25, 0.3) is 0 Å². The lowest BCUT2D eigenvalue weighted by molar-refractivity contribution is 0.289. The van der Waals surface area contributed by atoms with Crippen LogP contribution < -0.4 is 0 Å². The Morgan fingerprint density at radius 3 is 2.81 bits per heavy atom. The highest BCUT2D eigenvalue weighted by molar-refractivity contribution is 5.80. The molecule has 0 saturated carbocycles. The summed E-state index contributed by atoms with van der Waals surface area (Å²) in [5.74, 6) is 0.354. The van der Waals surface area contributed by atoms with Crippen LogP contribution in [0.2, 0.25) is 0 Å². The molecule has 2 aromatic carbocycles. The zero-order chi connectivity index (χ0) is 18.4. The Morgan fingerprint density at radius 1 is 1.11 bits per heavy atom. The van der Waals surface area contributed by atoms with Gasteiger partial charge in [-0.1, -0.05) is 12.1 Å². The van der Waals surface area contributed by atoms with E-state index in [-0.39, 0.29) is 11.7 Å². The number of likely N-dealkylation sites (N-methyl/N-ethyl adjacent to an activating group) is 1. The Morgan fingerprint density at radius 2 is 1.96 bits per heavy atom. The van der Waals surface area contributed by atoms with Gasteiger partial charge >= 0.3 is 0 Å². The van der Waals surface area contributed by atoms with E-state index in [0.29, 0.717) is 17.9 Å². The van der Waals surface area contributed by atoms with Crippen LogP contribution in [0.5, 0.6) is 0 Å². The monoisotopic (exact) mass is 358 g/mol. The molecule has 4 aromatic rings. The number of hydrogen-bond donors (Lipinski definition) is 1. The quantitative estimate of drug-likeness (QED) is 0.580. The predicted molar refractivity (Wildman–Crippen MR) is 104 cm³/mol. The van der Waals surface area contributed by atoms with Gasteiger partial charge in [0.15, 0.2) is 5.82 Å². The molecule has 0 amide bonds. The van der Waals surface area contributed by atoms with E-state index in [1.807, 2.05) is 25.4 Å². The molecular weight excluding hydrogens is 339 g/mol. The van der Waals surface area contributed by atoms with E-state index in [0.717, 1.165) is 23.2 Å².